The van der Waals surface area contributed by atoms with E-state index in [1.165, 1.54) is 12.2 Å². The van der Waals surface area contributed by atoms with Crippen molar-refractivity contribution in [2.24, 2.45) is 0 Å². The Morgan fingerprint density at radius 1 is 1.14 bits per heavy atom. The topological polar surface area (TPSA) is 49.7 Å². The summed E-state index contributed by atoms with van der Waals surface area (Å²) in [6.07, 6.45) is 0.944. The molecule has 2 atom stereocenters. The second-order valence-electron chi connectivity index (χ2n) is 1.30. The third-order valence-electron chi connectivity index (χ3n) is 0.719. The first-order valence-electron chi connectivity index (χ1n) is 1.99. The van der Waals surface area contributed by atoms with E-state index in [0.29, 0.717) is 0 Å². The molecule has 0 aromatic rings. The van der Waals surface area contributed by atoms with Crippen LogP contribution in [0.1, 0.15) is 0 Å². The van der Waals surface area contributed by atoms with Gasteiger partial charge in [0, 0.05) is 0 Å². The Morgan fingerprint density at radius 2 is 1.57 bits per heavy atom. The van der Waals surface area contributed by atoms with Crippen molar-refractivity contribution in [2.75, 3.05) is 0 Å². The minimum absolute atomic E-state index is 0.907. The molecule has 40 valence electrons. The molecular formula is C4H6O3. The molecule has 0 aliphatic carbocycles. The number of hydrogen-bond acceptors (Lipinski definition) is 3. The van der Waals surface area contributed by atoms with Gasteiger partial charge in [0.2, 0.25) is 0 Å². The van der Waals surface area contributed by atoms with Crippen molar-refractivity contribution in [3.8, 4) is 0 Å². The second kappa shape index (κ2) is 1.61. The standard InChI is InChI=1S/C4H6O3/c5-3-1-2-4(6)7-3/h1-6H/t3-,4?/m1/s1. The summed E-state index contributed by atoms with van der Waals surface area (Å²) in [5.74, 6) is 0. The average Bonchev–Trinajstić information content (AvgIpc) is 1.87. The summed E-state index contributed by atoms with van der Waals surface area (Å²) in [5.41, 5.74) is 0. The Bertz CT molecular complexity index is 78.9. The molecule has 0 spiro atoms. The number of hydrogen-bond donors (Lipinski definition) is 2. The lowest BCUT2D eigenvalue weighted by atomic mass is 10.5. The monoisotopic (exact) mass is 102 g/mol. The van der Waals surface area contributed by atoms with Crippen LogP contribution in [0, 0.1) is 0 Å². The van der Waals surface area contributed by atoms with Gasteiger partial charge < -0.3 is 14.9 Å². The van der Waals surface area contributed by atoms with Crippen molar-refractivity contribution in [3.05, 3.63) is 12.2 Å². The minimum atomic E-state index is -0.907. The summed E-state index contributed by atoms with van der Waals surface area (Å²) < 4.78 is 4.36. The van der Waals surface area contributed by atoms with Crippen LogP contribution in [0.25, 0.3) is 0 Å². The van der Waals surface area contributed by atoms with E-state index in [1.54, 1.807) is 0 Å². The molecular weight excluding hydrogens is 96.0 g/mol. The third-order valence-corrected chi connectivity index (χ3v) is 0.719. The van der Waals surface area contributed by atoms with Crippen LogP contribution in [0.5, 0.6) is 0 Å². The largest absolute Gasteiger partial charge is 0.365 e. The molecule has 0 aromatic heterocycles. The summed E-state index contributed by atoms with van der Waals surface area (Å²) in [6, 6.07) is 0. The Hall–Kier alpha value is -0.380. The van der Waals surface area contributed by atoms with E-state index in [-0.39, 0.29) is 0 Å². The van der Waals surface area contributed by atoms with Crippen LogP contribution >= 0.6 is 0 Å². The van der Waals surface area contributed by atoms with Crippen molar-refractivity contribution < 1.29 is 14.9 Å². The first-order chi connectivity index (χ1) is 3.29. The zero-order valence-electron chi connectivity index (χ0n) is 3.61. The average molecular weight is 102 g/mol. The highest BCUT2D eigenvalue weighted by atomic mass is 16.7. The van der Waals surface area contributed by atoms with Gasteiger partial charge in [-0.05, 0) is 12.2 Å². The SMILES string of the molecule is OC1C=C[C@H](O)O1. The molecule has 7 heavy (non-hydrogen) atoms. The fraction of sp³-hybridized carbons (Fsp3) is 0.500. The molecule has 1 heterocycles. The predicted octanol–water partition coefficient (Wildman–Crippen LogP) is -0.790. The fourth-order valence-electron chi connectivity index (χ4n) is 0.424. The first kappa shape index (κ1) is 4.77. The van der Waals surface area contributed by atoms with Gasteiger partial charge in [-0.2, -0.15) is 0 Å². The number of rotatable bonds is 0. The van der Waals surface area contributed by atoms with Crippen LogP contribution in [-0.4, -0.2) is 22.8 Å². The van der Waals surface area contributed by atoms with E-state index >= 15 is 0 Å². The smallest absolute Gasteiger partial charge is 0.177 e. The van der Waals surface area contributed by atoms with E-state index in [1.807, 2.05) is 0 Å². The molecule has 0 fully saturated rings. The van der Waals surface area contributed by atoms with Gasteiger partial charge in [-0.25, -0.2) is 0 Å². The molecule has 3 heteroatoms. The Balaban J connectivity index is 2.42. The maximum Gasteiger partial charge on any atom is 0.177 e. The molecule has 0 radical (unpaired) electrons. The van der Waals surface area contributed by atoms with Crippen LogP contribution < -0.4 is 0 Å². The fourth-order valence-corrected chi connectivity index (χ4v) is 0.424. The van der Waals surface area contributed by atoms with Crippen LogP contribution in [0.3, 0.4) is 0 Å². The summed E-state index contributed by atoms with van der Waals surface area (Å²) in [7, 11) is 0. The molecule has 3 nitrogen and oxygen atoms in total. The van der Waals surface area contributed by atoms with Gasteiger partial charge >= 0.3 is 0 Å². The van der Waals surface area contributed by atoms with Crippen LogP contribution in [0.4, 0.5) is 0 Å². The molecule has 2 N–H and O–H groups in total. The van der Waals surface area contributed by atoms with E-state index < -0.39 is 12.6 Å². The molecule has 1 aliphatic rings. The highest BCUT2D eigenvalue weighted by Crippen LogP contribution is 2.04. The molecule has 1 aliphatic heterocycles. The summed E-state index contributed by atoms with van der Waals surface area (Å²) in [6.45, 7) is 0. The van der Waals surface area contributed by atoms with Crippen LogP contribution in [0.15, 0.2) is 12.2 Å². The third kappa shape index (κ3) is 0.991. The van der Waals surface area contributed by atoms with E-state index in [0.717, 1.165) is 0 Å². The number of ether oxygens (including phenoxy) is 1. The van der Waals surface area contributed by atoms with E-state index in [2.05, 4.69) is 4.74 Å². The Labute approximate surface area is 40.8 Å². The van der Waals surface area contributed by atoms with Crippen LogP contribution in [-0.2, 0) is 4.74 Å². The van der Waals surface area contributed by atoms with Crippen LogP contribution in [0.2, 0.25) is 0 Å². The van der Waals surface area contributed by atoms with Gasteiger partial charge in [-0.1, -0.05) is 0 Å². The van der Waals surface area contributed by atoms with Crippen molar-refractivity contribution in [3.63, 3.8) is 0 Å². The van der Waals surface area contributed by atoms with Gasteiger partial charge in [0.1, 0.15) is 0 Å². The van der Waals surface area contributed by atoms with Crippen molar-refractivity contribution in [1.82, 2.24) is 0 Å². The molecule has 0 saturated heterocycles. The maximum atomic E-state index is 8.43. The van der Waals surface area contributed by atoms with Crippen molar-refractivity contribution >= 4 is 0 Å². The van der Waals surface area contributed by atoms with E-state index in [9.17, 15) is 0 Å². The zero-order chi connectivity index (χ0) is 5.28. The van der Waals surface area contributed by atoms with Gasteiger partial charge in [0.25, 0.3) is 0 Å². The minimum Gasteiger partial charge on any atom is -0.365 e. The molecule has 0 bridgehead atoms. The van der Waals surface area contributed by atoms with Gasteiger partial charge in [0.15, 0.2) is 12.6 Å². The number of aliphatic hydroxyl groups excluding tert-OH is 2. The Morgan fingerprint density at radius 3 is 1.71 bits per heavy atom. The lowest BCUT2D eigenvalue weighted by molar-refractivity contribution is -0.147. The highest BCUT2D eigenvalue weighted by Gasteiger charge is 2.11. The normalized spacial score (nSPS) is 39.7. The summed E-state index contributed by atoms with van der Waals surface area (Å²) >= 11 is 0. The first-order valence-corrected chi connectivity index (χ1v) is 1.99. The lowest BCUT2D eigenvalue weighted by Crippen LogP contribution is -2.09. The van der Waals surface area contributed by atoms with E-state index in [4.69, 9.17) is 10.2 Å². The van der Waals surface area contributed by atoms with Gasteiger partial charge in [-0.15, -0.1) is 0 Å². The maximum absolute atomic E-state index is 8.43. The molecule has 0 amide bonds. The second-order valence-corrected chi connectivity index (χ2v) is 1.30. The van der Waals surface area contributed by atoms with Crippen molar-refractivity contribution in [1.29, 1.82) is 0 Å². The van der Waals surface area contributed by atoms with Gasteiger partial charge in [0.05, 0.1) is 0 Å². The molecule has 0 saturated carbocycles. The Kier molecular flexibility index (Phi) is 1.10. The summed E-state index contributed by atoms with van der Waals surface area (Å²) in [4.78, 5) is 0. The van der Waals surface area contributed by atoms with Gasteiger partial charge in [-0.3, -0.25) is 0 Å². The molecule has 0 aromatic carbocycles. The molecule has 1 rings (SSSR count). The zero-order valence-corrected chi connectivity index (χ0v) is 3.61. The number of aliphatic hydroxyl groups is 2. The summed E-state index contributed by atoms with van der Waals surface area (Å²) in [5, 5.41) is 16.9. The quantitative estimate of drug-likeness (QED) is 0.394. The predicted molar refractivity (Wildman–Crippen MR) is 22.2 cm³/mol. The highest BCUT2D eigenvalue weighted by molar-refractivity contribution is 4.92. The molecule has 1 unspecified atom stereocenters. The van der Waals surface area contributed by atoms with Crippen molar-refractivity contribution in [2.45, 2.75) is 12.6 Å². The lowest BCUT2D eigenvalue weighted by Gasteiger charge is -2.00.